The highest BCUT2D eigenvalue weighted by Gasteiger charge is 2.21. The predicted octanol–water partition coefficient (Wildman–Crippen LogP) is 2.26. The molecule has 102 valence electrons. The number of hydrogen-bond acceptors (Lipinski definition) is 3. The molecule has 0 spiro atoms. The second-order valence-electron chi connectivity index (χ2n) is 4.20. The van der Waals surface area contributed by atoms with Gasteiger partial charge >= 0.3 is 0 Å². The smallest absolute Gasteiger partial charge is 0.242 e. The Labute approximate surface area is 107 Å². The molecule has 0 radical (unpaired) electrons. The maximum absolute atomic E-state index is 12.9. The fraction of sp³-hybridized carbons (Fsp3) is 0.500. The van der Waals surface area contributed by atoms with Gasteiger partial charge in [0.05, 0.1) is 5.69 Å². The van der Waals surface area contributed by atoms with E-state index in [4.69, 9.17) is 5.73 Å². The van der Waals surface area contributed by atoms with E-state index in [-0.39, 0.29) is 16.6 Å². The van der Waals surface area contributed by atoms with E-state index in [1.54, 1.807) is 0 Å². The maximum Gasteiger partial charge on any atom is 0.242 e. The molecule has 18 heavy (non-hydrogen) atoms. The summed E-state index contributed by atoms with van der Waals surface area (Å²) in [6.45, 7) is 3.90. The summed E-state index contributed by atoms with van der Waals surface area (Å²) in [6.07, 6.45) is 2.35. The molecule has 1 aromatic rings. The lowest BCUT2D eigenvalue weighted by Gasteiger charge is -2.17. The molecule has 6 heteroatoms. The molecule has 0 aromatic heterocycles. The number of nitrogens with two attached hydrogens (primary N) is 1. The highest BCUT2D eigenvalue weighted by molar-refractivity contribution is 7.89. The van der Waals surface area contributed by atoms with Crippen molar-refractivity contribution in [2.45, 2.75) is 44.0 Å². The maximum atomic E-state index is 12.9. The Morgan fingerprint density at radius 1 is 1.39 bits per heavy atom. The van der Waals surface area contributed by atoms with Gasteiger partial charge in [0.2, 0.25) is 10.0 Å². The van der Waals surface area contributed by atoms with Gasteiger partial charge in [-0.25, -0.2) is 17.5 Å². The van der Waals surface area contributed by atoms with Crippen LogP contribution in [0.3, 0.4) is 0 Å². The van der Waals surface area contributed by atoms with Crippen molar-refractivity contribution in [1.82, 2.24) is 4.72 Å². The zero-order valence-corrected chi connectivity index (χ0v) is 11.4. The predicted molar refractivity (Wildman–Crippen MR) is 70.1 cm³/mol. The van der Waals surface area contributed by atoms with E-state index in [1.165, 1.54) is 6.07 Å². The molecule has 0 aliphatic heterocycles. The van der Waals surface area contributed by atoms with Crippen molar-refractivity contribution in [3.8, 4) is 0 Å². The normalized spacial score (nSPS) is 13.5. The minimum absolute atomic E-state index is 0.0709. The number of nitrogen functional groups attached to an aromatic ring is 1. The van der Waals surface area contributed by atoms with Crippen molar-refractivity contribution in [2.24, 2.45) is 0 Å². The molecule has 0 amide bonds. The summed E-state index contributed by atoms with van der Waals surface area (Å²) >= 11 is 0. The molecule has 0 heterocycles. The minimum atomic E-state index is -3.68. The third-order valence-electron chi connectivity index (χ3n) is 2.71. The van der Waals surface area contributed by atoms with Crippen LogP contribution in [0, 0.1) is 5.82 Å². The first kappa shape index (κ1) is 14.9. The summed E-state index contributed by atoms with van der Waals surface area (Å²) in [5, 5.41) is 0. The molecular formula is C12H19FN2O2S. The standard InChI is InChI=1S/C12H19FN2O2S/c1-3-5-10(4-2)15-18(16,17)12-7-6-9(13)8-11(12)14/h6-8,10,15H,3-5,14H2,1-2H3. The number of halogens is 1. The SMILES string of the molecule is CCCC(CC)NS(=O)(=O)c1ccc(F)cc1N. The van der Waals surface area contributed by atoms with E-state index in [9.17, 15) is 12.8 Å². The molecular weight excluding hydrogens is 255 g/mol. The molecule has 1 rings (SSSR count). The zero-order chi connectivity index (χ0) is 13.8. The van der Waals surface area contributed by atoms with E-state index in [2.05, 4.69) is 4.72 Å². The van der Waals surface area contributed by atoms with E-state index in [0.717, 1.165) is 25.0 Å². The van der Waals surface area contributed by atoms with Crippen molar-refractivity contribution in [1.29, 1.82) is 0 Å². The number of nitrogens with one attached hydrogen (secondary N) is 1. The first-order chi connectivity index (χ1) is 8.40. The molecule has 0 saturated heterocycles. The first-order valence-corrected chi connectivity index (χ1v) is 7.46. The quantitative estimate of drug-likeness (QED) is 0.782. The lowest BCUT2D eigenvalue weighted by Crippen LogP contribution is -2.34. The fourth-order valence-electron chi connectivity index (χ4n) is 1.74. The lowest BCUT2D eigenvalue weighted by molar-refractivity contribution is 0.512. The minimum Gasteiger partial charge on any atom is -0.398 e. The largest absolute Gasteiger partial charge is 0.398 e. The molecule has 3 N–H and O–H groups in total. The van der Waals surface area contributed by atoms with E-state index >= 15 is 0 Å². The van der Waals surface area contributed by atoms with Gasteiger partial charge in [-0.2, -0.15) is 0 Å². The van der Waals surface area contributed by atoms with Gasteiger partial charge in [-0.15, -0.1) is 0 Å². The summed E-state index contributed by atoms with van der Waals surface area (Å²) in [5.74, 6) is -0.549. The molecule has 4 nitrogen and oxygen atoms in total. The van der Waals surface area contributed by atoms with Crippen molar-refractivity contribution in [3.05, 3.63) is 24.0 Å². The van der Waals surface area contributed by atoms with Gasteiger partial charge in [0.15, 0.2) is 0 Å². The number of rotatable bonds is 6. The van der Waals surface area contributed by atoms with Gasteiger partial charge in [-0.3, -0.25) is 0 Å². The van der Waals surface area contributed by atoms with Crippen LogP contribution in [0.2, 0.25) is 0 Å². The number of sulfonamides is 1. The third kappa shape index (κ3) is 3.68. The van der Waals surface area contributed by atoms with Crippen LogP contribution >= 0.6 is 0 Å². The van der Waals surface area contributed by atoms with Crippen LogP contribution in [0.15, 0.2) is 23.1 Å². The van der Waals surface area contributed by atoms with E-state index < -0.39 is 15.8 Å². The average molecular weight is 274 g/mol. The third-order valence-corrected chi connectivity index (χ3v) is 4.31. The highest BCUT2D eigenvalue weighted by atomic mass is 32.2. The zero-order valence-electron chi connectivity index (χ0n) is 10.6. The summed E-state index contributed by atoms with van der Waals surface area (Å²) in [7, 11) is -3.68. The van der Waals surface area contributed by atoms with Gasteiger partial charge in [0.1, 0.15) is 10.7 Å². The molecule has 0 bridgehead atoms. The Kier molecular flexibility index (Phi) is 5.10. The van der Waals surface area contributed by atoms with Crippen LogP contribution in [-0.2, 0) is 10.0 Å². The number of anilines is 1. The Bertz CT molecular complexity index is 503. The summed E-state index contributed by atoms with van der Waals surface area (Å²) in [4.78, 5) is -0.0709. The Balaban J connectivity index is 2.99. The molecule has 1 aromatic carbocycles. The molecule has 0 fully saturated rings. The highest BCUT2D eigenvalue weighted by Crippen LogP contribution is 2.20. The first-order valence-electron chi connectivity index (χ1n) is 5.98. The van der Waals surface area contributed by atoms with E-state index in [1.807, 2.05) is 13.8 Å². The Morgan fingerprint density at radius 2 is 2.06 bits per heavy atom. The van der Waals surface area contributed by atoms with E-state index in [0.29, 0.717) is 6.42 Å². The van der Waals surface area contributed by atoms with Gasteiger partial charge in [0, 0.05) is 6.04 Å². The number of benzene rings is 1. The van der Waals surface area contributed by atoms with Crippen LogP contribution < -0.4 is 10.5 Å². The van der Waals surface area contributed by atoms with Crippen LogP contribution in [0.5, 0.6) is 0 Å². The van der Waals surface area contributed by atoms with Gasteiger partial charge in [-0.05, 0) is 31.0 Å². The molecule has 0 aliphatic carbocycles. The van der Waals surface area contributed by atoms with Crippen molar-refractivity contribution in [3.63, 3.8) is 0 Å². The van der Waals surface area contributed by atoms with Crippen molar-refractivity contribution in [2.75, 3.05) is 5.73 Å². The average Bonchev–Trinajstić information content (AvgIpc) is 2.27. The Morgan fingerprint density at radius 3 is 2.56 bits per heavy atom. The van der Waals surface area contributed by atoms with Crippen LogP contribution in [0.1, 0.15) is 33.1 Å². The molecule has 0 aliphatic rings. The number of hydrogen-bond donors (Lipinski definition) is 2. The lowest BCUT2D eigenvalue weighted by atomic mass is 10.1. The van der Waals surface area contributed by atoms with Crippen molar-refractivity contribution < 1.29 is 12.8 Å². The summed E-state index contributed by atoms with van der Waals surface area (Å²) in [5.41, 5.74) is 5.46. The topological polar surface area (TPSA) is 72.2 Å². The van der Waals surface area contributed by atoms with Crippen molar-refractivity contribution >= 4 is 15.7 Å². The summed E-state index contributed by atoms with van der Waals surface area (Å²) in [6, 6.07) is 3.16. The van der Waals surface area contributed by atoms with Gasteiger partial charge in [-0.1, -0.05) is 20.3 Å². The monoisotopic (exact) mass is 274 g/mol. The molecule has 1 atom stereocenters. The van der Waals surface area contributed by atoms with Gasteiger partial charge < -0.3 is 5.73 Å². The van der Waals surface area contributed by atoms with Crippen LogP contribution in [-0.4, -0.2) is 14.5 Å². The van der Waals surface area contributed by atoms with Crippen LogP contribution in [0.4, 0.5) is 10.1 Å². The summed E-state index contributed by atoms with van der Waals surface area (Å²) < 4.78 is 39.7. The second kappa shape index (κ2) is 6.15. The fourth-order valence-corrected chi connectivity index (χ4v) is 3.21. The van der Waals surface area contributed by atoms with Crippen LogP contribution in [0.25, 0.3) is 0 Å². The molecule has 1 unspecified atom stereocenters. The second-order valence-corrected chi connectivity index (χ2v) is 5.88. The van der Waals surface area contributed by atoms with Gasteiger partial charge in [0.25, 0.3) is 0 Å². The molecule has 0 saturated carbocycles. The Hall–Kier alpha value is -1.14.